The molecule has 1 N–H and O–H groups in total. The third-order valence-electron chi connectivity index (χ3n) is 4.33. The lowest BCUT2D eigenvalue weighted by Gasteiger charge is -2.30. The molecule has 1 aliphatic heterocycles. The molecular formula is C20H24N2O3. The summed E-state index contributed by atoms with van der Waals surface area (Å²) < 4.78 is 10.4. The maximum Gasteiger partial charge on any atom is 0.340 e. The molecule has 2 aromatic rings. The zero-order valence-electron chi connectivity index (χ0n) is 14.7. The summed E-state index contributed by atoms with van der Waals surface area (Å²) in [5.74, 6) is -0.319. The van der Waals surface area contributed by atoms with Gasteiger partial charge in [0.05, 0.1) is 31.6 Å². The Balaban J connectivity index is 1.79. The number of hydrogen-bond donors (Lipinski definition) is 1. The molecule has 25 heavy (non-hydrogen) atoms. The number of aryl methyl sites for hydroxylation is 1. The minimum absolute atomic E-state index is 0.319. The molecule has 5 nitrogen and oxygen atoms in total. The second-order valence-corrected chi connectivity index (χ2v) is 6.17. The molecule has 1 aliphatic rings. The molecule has 0 spiro atoms. The highest BCUT2D eigenvalue weighted by atomic mass is 16.5. The Morgan fingerprint density at radius 2 is 2.00 bits per heavy atom. The van der Waals surface area contributed by atoms with Gasteiger partial charge in [0.2, 0.25) is 0 Å². The molecule has 1 fully saturated rings. The van der Waals surface area contributed by atoms with Crippen LogP contribution in [0.4, 0.5) is 11.4 Å². The van der Waals surface area contributed by atoms with Gasteiger partial charge in [-0.15, -0.1) is 0 Å². The van der Waals surface area contributed by atoms with Crippen LogP contribution >= 0.6 is 0 Å². The Kier molecular flexibility index (Phi) is 5.56. The standard InChI is InChI=1S/C20H24N2O3/c1-15-4-3-5-16(12-15)14-21-17-6-7-19(18(13-17)20(23)24-2)22-8-10-25-11-9-22/h3-7,12-13,21H,8-11,14H2,1-2H3. The summed E-state index contributed by atoms with van der Waals surface area (Å²) in [6.45, 7) is 5.69. The van der Waals surface area contributed by atoms with Gasteiger partial charge in [0.15, 0.2) is 0 Å². The normalized spacial score (nSPS) is 14.2. The zero-order chi connectivity index (χ0) is 17.6. The van der Waals surface area contributed by atoms with Gasteiger partial charge in [0.1, 0.15) is 0 Å². The van der Waals surface area contributed by atoms with Crippen LogP contribution in [0.15, 0.2) is 42.5 Å². The number of anilines is 2. The molecule has 5 heteroatoms. The summed E-state index contributed by atoms with van der Waals surface area (Å²) >= 11 is 0. The molecule has 0 unspecified atom stereocenters. The Morgan fingerprint density at radius 3 is 2.72 bits per heavy atom. The maximum atomic E-state index is 12.2. The molecule has 0 radical (unpaired) electrons. The van der Waals surface area contributed by atoms with Crippen molar-refractivity contribution in [2.45, 2.75) is 13.5 Å². The van der Waals surface area contributed by atoms with Crippen LogP contribution in [0.25, 0.3) is 0 Å². The van der Waals surface area contributed by atoms with E-state index in [1.807, 2.05) is 24.3 Å². The Bertz CT molecular complexity index is 739. The third-order valence-corrected chi connectivity index (χ3v) is 4.33. The number of carbonyl (C=O) groups excluding carboxylic acids is 1. The highest BCUT2D eigenvalue weighted by Crippen LogP contribution is 2.26. The molecule has 0 bridgehead atoms. The van der Waals surface area contributed by atoms with Gasteiger partial charge in [-0.2, -0.15) is 0 Å². The first-order chi connectivity index (χ1) is 12.2. The van der Waals surface area contributed by atoms with Crippen LogP contribution in [0.2, 0.25) is 0 Å². The van der Waals surface area contributed by atoms with Crippen molar-refractivity contribution in [3.63, 3.8) is 0 Å². The predicted octanol–water partition coefficient (Wildman–Crippen LogP) is 3.23. The summed E-state index contributed by atoms with van der Waals surface area (Å²) in [5.41, 5.74) is 4.82. The average Bonchev–Trinajstić information content (AvgIpc) is 2.66. The van der Waals surface area contributed by atoms with E-state index in [2.05, 4.69) is 35.3 Å². The molecule has 3 rings (SSSR count). The topological polar surface area (TPSA) is 50.8 Å². The van der Waals surface area contributed by atoms with E-state index in [0.717, 1.165) is 24.5 Å². The van der Waals surface area contributed by atoms with E-state index in [9.17, 15) is 4.79 Å². The second-order valence-electron chi connectivity index (χ2n) is 6.17. The van der Waals surface area contributed by atoms with E-state index in [1.54, 1.807) is 0 Å². The largest absolute Gasteiger partial charge is 0.465 e. The number of esters is 1. The highest BCUT2D eigenvalue weighted by molar-refractivity contribution is 5.97. The van der Waals surface area contributed by atoms with E-state index in [4.69, 9.17) is 9.47 Å². The van der Waals surface area contributed by atoms with Crippen molar-refractivity contribution in [2.24, 2.45) is 0 Å². The summed E-state index contributed by atoms with van der Waals surface area (Å²) in [5, 5.41) is 3.39. The van der Waals surface area contributed by atoms with Crippen LogP contribution in [0.1, 0.15) is 21.5 Å². The van der Waals surface area contributed by atoms with Crippen molar-refractivity contribution in [1.82, 2.24) is 0 Å². The van der Waals surface area contributed by atoms with Gasteiger partial charge in [-0.25, -0.2) is 4.79 Å². The maximum absolute atomic E-state index is 12.2. The average molecular weight is 340 g/mol. The van der Waals surface area contributed by atoms with Gasteiger partial charge in [0, 0.05) is 25.3 Å². The lowest BCUT2D eigenvalue weighted by atomic mass is 10.1. The first-order valence-corrected chi connectivity index (χ1v) is 8.52. The lowest BCUT2D eigenvalue weighted by Crippen LogP contribution is -2.37. The third kappa shape index (κ3) is 4.31. The van der Waals surface area contributed by atoms with E-state index >= 15 is 0 Å². The fourth-order valence-corrected chi connectivity index (χ4v) is 3.03. The van der Waals surface area contributed by atoms with E-state index in [1.165, 1.54) is 18.2 Å². The fraction of sp³-hybridized carbons (Fsp3) is 0.350. The minimum Gasteiger partial charge on any atom is -0.465 e. The molecule has 1 heterocycles. The van der Waals surface area contributed by atoms with E-state index in [-0.39, 0.29) is 5.97 Å². The summed E-state index contributed by atoms with van der Waals surface area (Å²) in [6, 6.07) is 14.2. The molecule has 0 aromatic heterocycles. The van der Waals surface area contributed by atoms with Crippen molar-refractivity contribution in [3.05, 3.63) is 59.2 Å². The van der Waals surface area contributed by atoms with Gasteiger partial charge >= 0.3 is 5.97 Å². The number of morpholine rings is 1. The molecule has 0 amide bonds. The molecule has 0 saturated carbocycles. The Hall–Kier alpha value is -2.53. The number of rotatable bonds is 5. The fourth-order valence-electron chi connectivity index (χ4n) is 3.03. The molecule has 1 saturated heterocycles. The predicted molar refractivity (Wildman–Crippen MR) is 99.3 cm³/mol. The first-order valence-electron chi connectivity index (χ1n) is 8.52. The van der Waals surface area contributed by atoms with E-state index < -0.39 is 0 Å². The lowest BCUT2D eigenvalue weighted by molar-refractivity contribution is 0.0600. The number of nitrogens with zero attached hydrogens (tertiary/aromatic N) is 1. The first kappa shape index (κ1) is 17.3. The van der Waals surface area contributed by atoms with Crippen LogP contribution in [0, 0.1) is 6.92 Å². The van der Waals surface area contributed by atoms with Crippen molar-refractivity contribution in [1.29, 1.82) is 0 Å². The van der Waals surface area contributed by atoms with Gasteiger partial charge in [-0.05, 0) is 30.7 Å². The summed E-state index contributed by atoms with van der Waals surface area (Å²) in [7, 11) is 1.41. The van der Waals surface area contributed by atoms with Crippen molar-refractivity contribution < 1.29 is 14.3 Å². The number of ether oxygens (including phenoxy) is 2. The quantitative estimate of drug-likeness (QED) is 0.847. The van der Waals surface area contributed by atoms with Crippen LogP contribution in [-0.4, -0.2) is 39.4 Å². The molecule has 132 valence electrons. The van der Waals surface area contributed by atoms with Crippen molar-refractivity contribution >= 4 is 17.3 Å². The SMILES string of the molecule is COC(=O)c1cc(NCc2cccc(C)c2)ccc1N1CCOCC1. The number of carbonyl (C=O) groups is 1. The number of nitrogens with one attached hydrogen (secondary N) is 1. The van der Waals surface area contributed by atoms with Gasteiger partial charge in [-0.3, -0.25) is 0 Å². The zero-order valence-corrected chi connectivity index (χ0v) is 14.7. The monoisotopic (exact) mass is 340 g/mol. The van der Waals surface area contributed by atoms with Gasteiger partial charge in [-0.1, -0.05) is 29.8 Å². The highest BCUT2D eigenvalue weighted by Gasteiger charge is 2.19. The Morgan fingerprint density at radius 1 is 1.20 bits per heavy atom. The summed E-state index contributed by atoms with van der Waals surface area (Å²) in [4.78, 5) is 14.4. The van der Waals surface area contributed by atoms with Crippen LogP contribution in [0.3, 0.4) is 0 Å². The molecular weight excluding hydrogens is 316 g/mol. The second kappa shape index (κ2) is 8.03. The van der Waals surface area contributed by atoms with Crippen LogP contribution in [0.5, 0.6) is 0 Å². The molecule has 0 atom stereocenters. The van der Waals surface area contributed by atoms with Crippen LogP contribution in [-0.2, 0) is 16.0 Å². The van der Waals surface area contributed by atoms with Gasteiger partial charge in [0.25, 0.3) is 0 Å². The molecule has 2 aromatic carbocycles. The smallest absolute Gasteiger partial charge is 0.340 e. The number of methoxy groups -OCH3 is 1. The number of hydrogen-bond acceptors (Lipinski definition) is 5. The van der Waals surface area contributed by atoms with Crippen LogP contribution < -0.4 is 10.2 Å². The minimum atomic E-state index is -0.319. The van der Waals surface area contributed by atoms with E-state index in [0.29, 0.717) is 25.3 Å². The van der Waals surface area contributed by atoms with Gasteiger partial charge < -0.3 is 19.7 Å². The Labute approximate surface area is 148 Å². The van der Waals surface area contributed by atoms with Crippen molar-refractivity contribution in [3.8, 4) is 0 Å². The van der Waals surface area contributed by atoms with Crippen molar-refractivity contribution in [2.75, 3.05) is 43.6 Å². The summed E-state index contributed by atoms with van der Waals surface area (Å²) in [6.07, 6.45) is 0. The number of benzene rings is 2. The molecule has 0 aliphatic carbocycles.